The summed E-state index contributed by atoms with van der Waals surface area (Å²) >= 11 is 0. The molecule has 0 saturated heterocycles. The molecule has 1 unspecified atom stereocenters. The number of rotatable bonds is 4. The predicted octanol–water partition coefficient (Wildman–Crippen LogP) is 3.91. The third-order valence-corrected chi connectivity index (χ3v) is 3.01. The maximum Gasteiger partial charge on any atom is 0.130 e. The zero-order valence-electron chi connectivity index (χ0n) is 11.4. The summed E-state index contributed by atoms with van der Waals surface area (Å²) < 4.78 is 32.1. The predicted molar refractivity (Wildman–Crippen MR) is 72.5 cm³/mol. The van der Waals surface area contributed by atoms with Gasteiger partial charge in [-0.25, -0.2) is 8.78 Å². The number of hydrogen-bond acceptors (Lipinski definition) is 2. The maximum atomic E-state index is 13.5. The molecule has 4 heteroatoms. The SMILES string of the molecule is Cc1ccc(OCc2cc(F)ccc2F)c(C(C)O)c1. The van der Waals surface area contributed by atoms with Gasteiger partial charge in [0, 0.05) is 11.1 Å². The summed E-state index contributed by atoms with van der Waals surface area (Å²) in [7, 11) is 0. The normalized spacial score (nSPS) is 12.2. The lowest BCUT2D eigenvalue weighted by atomic mass is 10.1. The molecule has 1 atom stereocenters. The molecule has 0 aromatic heterocycles. The van der Waals surface area contributed by atoms with Crippen molar-refractivity contribution >= 4 is 0 Å². The molecule has 0 spiro atoms. The van der Waals surface area contributed by atoms with E-state index < -0.39 is 17.7 Å². The molecule has 0 aliphatic heterocycles. The Kier molecular flexibility index (Phi) is 4.35. The van der Waals surface area contributed by atoms with E-state index in [1.165, 1.54) is 0 Å². The number of aryl methyl sites for hydroxylation is 1. The summed E-state index contributed by atoms with van der Waals surface area (Å²) in [5.41, 5.74) is 1.76. The molecule has 0 amide bonds. The van der Waals surface area contributed by atoms with Gasteiger partial charge in [0.1, 0.15) is 24.0 Å². The van der Waals surface area contributed by atoms with Gasteiger partial charge in [0.2, 0.25) is 0 Å². The first-order valence-electron chi connectivity index (χ1n) is 6.32. The fourth-order valence-electron chi connectivity index (χ4n) is 1.94. The summed E-state index contributed by atoms with van der Waals surface area (Å²) in [6, 6.07) is 8.59. The fourth-order valence-corrected chi connectivity index (χ4v) is 1.94. The molecular formula is C16H16F2O2. The van der Waals surface area contributed by atoms with E-state index in [-0.39, 0.29) is 12.2 Å². The van der Waals surface area contributed by atoms with Crippen LogP contribution in [0, 0.1) is 18.6 Å². The number of hydrogen-bond donors (Lipinski definition) is 1. The third-order valence-electron chi connectivity index (χ3n) is 3.01. The van der Waals surface area contributed by atoms with Gasteiger partial charge in [-0.05, 0) is 44.2 Å². The summed E-state index contributed by atoms with van der Waals surface area (Å²) in [6.45, 7) is 3.44. The van der Waals surface area contributed by atoms with Crippen molar-refractivity contribution in [3.63, 3.8) is 0 Å². The average molecular weight is 278 g/mol. The van der Waals surface area contributed by atoms with E-state index in [1.807, 2.05) is 19.1 Å². The standard InChI is InChI=1S/C16H16F2O2/c1-10-3-6-16(14(7-10)11(2)19)20-9-12-8-13(17)4-5-15(12)18/h3-8,11,19H,9H2,1-2H3. The molecule has 0 aliphatic carbocycles. The molecule has 2 aromatic rings. The van der Waals surface area contributed by atoms with Gasteiger partial charge in [-0.2, -0.15) is 0 Å². The smallest absolute Gasteiger partial charge is 0.130 e. The lowest BCUT2D eigenvalue weighted by molar-refractivity contribution is 0.189. The Hall–Kier alpha value is -1.94. The van der Waals surface area contributed by atoms with Gasteiger partial charge in [-0.3, -0.25) is 0 Å². The molecular weight excluding hydrogens is 262 g/mol. The Morgan fingerprint density at radius 1 is 1.15 bits per heavy atom. The Labute approximate surface area is 116 Å². The first-order chi connectivity index (χ1) is 9.47. The van der Waals surface area contributed by atoms with Crippen molar-refractivity contribution in [1.29, 1.82) is 0 Å². The number of aliphatic hydroxyl groups is 1. The largest absolute Gasteiger partial charge is 0.488 e. The molecule has 2 rings (SSSR count). The minimum atomic E-state index is -0.692. The monoisotopic (exact) mass is 278 g/mol. The minimum Gasteiger partial charge on any atom is -0.488 e. The summed E-state index contributed by atoms with van der Waals surface area (Å²) in [5.74, 6) is -0.559. The average Bonchev–Trinajstić information content (AvgIpc) is 2.40. The van der Waals surface area contributed by atoms with Crippen molar-refractivity contribution in [3.8, 4) is 5.75 Å². The van der Waals surface area contributed by atoms with Crippen LogP contribution in [-0.2, 0) is 6.61 Å². The highest BCUT2D eigenvalue weighted by atomic mass is 19.1. The molecule has 1 N–H and O–H groups in total. The van der Waals surface area contributed by atoms with Crippen molar-refractivity contribution < 1.29 is 18.6 Å². The van der Waals surface area contributed by atoms with Crippen LogP contribution in [0.2, 0.25) is 0 Å². The molecule has 0 saturated carbocycles. The number of benzene rings is 2. The molecule has 0 radical (unpaired) electrons. The Morgan fingerprint density at radius 2 is 1.90 bits per heavy atom. The molecule has 2 nitrogen and oxygen atoms in total. The van der Waals surface area contributed by atoms with E-state index in [0.717, 1.165) is 23.8 Å². The zero-order chi connectivity index (χ0) is 14.7. The van der Waals surface area contributed by atoms with Crippen LogP contribution in [0.5, 0.6) is 5.75 Å². The number of ether oxygens (including phenoxy) is 1. The van der Waals surface area contributed by atoms with Crippen molar-refractivity contribution in [2.24, 2.45) is 0 Å². The van der Waals surface area contributed by atoms with Crippen LogP contribution in [0.15, 0.2) is 36.4 Å². The van der Waals surface area contributed by atoms with Crippen molar-refractivity contribution in [2.75, 3.05) is 0 Å². The molecule has 0 heterocycles. The van der Waals surface area contributed by atoms with E-state index in [9.17, 15) is 13.9 Å². The summed E-state index contributed by atoms with van der Waals surface area (Å²) in [5, 5.41) is 9.71. The van der Waals surface area contributed by atoms with Crippen molar-refractivity contribution in [1.82, 2.24) is 0 Å². The van der Waals surface area contributed by atoms with E-state index in [1.54, 1.807) is 13.0 Å². The van der Waals surface area contributed by atoms with Crippen molar-refractivity contribution in [2.45, 2.75) is 26.6 Å². The first-order valence-corrected chi connectivity index (χ1v) is 6.32. The van der Waals surface area contributed by atoms with Crippen LogP contribution in [0.1, 0.15) is 29.7 Å². The molecule has 0 bridgehead atoms. The van der Waals surface area contributed by atoms with Crippen LogP contribution < -0.4 is 4.74 Å². The molecule has 0 fully saturated rings. The van der Waals surface area contributed by atoms with Crippen LogP contribution in [0.4, 0.5) is 8.78 Å². The summed E-state index contributed by atoms with van der Waals surface area (Å²) in [6.07, 6.45) is -0.692. The van der Waals surface area contributed by atoms with E-state index in [2.05, 4.69) is 0 Å². The molecule has 0 aliphatic rings. The molecule has 2 aromatic carbocycles. The second kappa shape index (κ2) is 6.01. The van der Waals surface area contributed by atoms with Gasteiger partial charge < -0.3 is 9.84 Å². The van der Waals surface area contributed by atoms with Crippen LogP contribution in [0.25, 0.3) is 0 Å². The van der Waals surface area contributed by atoms with Crippen LogP contribution in [0.3, 0.4) is 0 Å². The van der Waals surface area contributed by atoms with Gasteiger partial charge in [-0.15, -0.1) is 0 Å². The Bertz CT molecular complexity index is 609. The lowest BCUT2D eigenvalue weighted by Gasteiger charge is -2.14. The second-order valence-corrected chi connectivity index (χ2v) is 4.74. The Morgan fingerprint density at radius 3 is 2.60 bits per heavy atom. The highest BCUT2D eigenvalue weighted by Crippen LogP contribution is 2.27. The number of aliphatic hydroxyl groups excluding tert-OH is 1. The maximum absolute atomic E-state index is 13.5. The first kappa shape index (κ1) is 14.5. The molecule has 106 valence electrons. The van der Waals surface area contributed by atoms with Gasteiger partial charge in [0.25, 0.3) is 0 Å². The van der Waals surface area contributed by atoms with Gasteiger partial charge in [-0.1, -0.05) is 11.6 Å². The quantitative estimate of drug-likeness (QED) is 0.919. The van der Waals surface area contributed by atoms with E-state index in [4.69, 9.17) is 4.74 Å². The summed E-state index contributed by atoms with van der Waals surface area (Å²) in [4.78, 5) is 0. The van der Waals surface area contributed by atoms with E-state index >= 15 is 0 Å². The molecule has 20 heavy (non-hydrogen) atoms. The second-order valence-electron chi connectivity index (χ2n) is 4.74. The Balaban J connectivity index is 2.20. The van der Waals surface area contributed by atoms with Crippen LogP contribution >= 0.6 is 0 Å². The lowest BCUT2D eigenvalue weighted by Crippen LogP contribution is -2.03. The van der Waals surface area contributed by atoms with Gasteiger partial charge in [0.05, 0.1) is 6.10 Å². The van der Waals surface area contributed by atoms with Gasteiger partial charge >= 0.3 is 0 Å². The van der Waals surface area contributed by atoms with Crippen molar-refractivity contribution in [3.05, 3.63) is 64.7 Å². The fraction of sp³-hybridized carbons (Fsp3) is 0.250. The highest BCUT2D eigenvalue weighted by Gasteiger charge is 2.11. The topological polar surface area (TPSA) is 29.5 Å². The zero-order valence-corrected chi connectivity index (χ0v) is 11.4. The van der Waals surface area contributed by atoms with Gasteiger partial charge in [0.15, 0.2) is 0 Å². The third kappa shape index (κ3) is 3.33. The number of halogens is 2. The van der Waals surface area contributed by atoms with Crippen LogP contribution in [-0.4, -0.2) is 5.11 Å². The van der Waals surface area contributed by atoms with E-state index in [0.29, 0.717) is 11.3 Å². The minimum absolute atomic E-state index is 0.0909. The highest BCUT2D eigenvalue weighted by molar-refractivity contribution is 5.38.